The number of halogens is 2. The number of aryl methyl sites for hydroxylation is 2. The molecule has 29 heavy (non-hydrogen) atoms. The van der Waals surface area contributed by atoms with Gasteiger partial charge in [-0.1, -0.05) is 37.3 Å². The normalized spacial score (nSPS) is 16.7. The summed E-state index contributed by atoms with van der Waals surface area (Å²) in [6, 6.07) is 13.1. The minimum atomic E-state index is -0.202. The van der Waals surface area contributed by atoms with Crippen LogP contribution in [0.4, 0.5) is 4.39 Å². The summed E-state index contributed by atoms with van der Waals surface area (Å²) in [6.07, 6.45) is 4.93. The molecular weight excluding hydrogens is 429 g/mol. The predicted molar refractivity (Wildman–Crippen MR) is 113 cm³/mol. The topological polar surface area (TPSA) is 17.1 Å². The zero-order valence-corrected chi connectivity index (χ0v) is 19.5. The number of carbonyl (C=O) groups excluding carboxylic acids is 1. The van der Waals surface area contributed by atoms with E-state index in [0.29, 0.717) is 12.2 Å². The molecule has 1 aliphatic rings. The van der Waals surface area contributed by atoms with E-state index in [2.05, 4.69) is 39.0 Å². The molecule has 0 amide bonds. The first-order chi connectivity index (χ1) is 13.4. The first kappa shape index (κ1) is 23.8. The maximum Gasteiger partial charge on any atom is 0.194 e. The number of Topliss-reactive ketones (excluding diaryl/α,β-unsaturated/α-hetero) is 1. The summed E-state index contributed by atoms with van der Waals surface area (Å²) in [7, 11) is 0. The molecule has 0 radical (unpaired) electrons. The van der Waals surface area contributed by atoms with Crippen molar-refractivity contribution in [2.24, 2.45) is 0 Å². The summed E-state index contributed by atoms with van der Waals surface area (Å²) in [4.78, 5) is 13.5. The van der Waals surface area contributed by atoms with Crippen LogP contribution in [0.25, 0.3) is 0 Å². The van der Waals surface area contributed by atoms with E-state index in [1.165, 1.54) is 35.2 Å². The third-order valence-corrected chi connectivity index (χ3v) is 6.53. The zero-order valence-electron chi connectivity index (χ0n) is 17.9. The largest absolute Gasteiger partial charge is 1.00 e. The van der Waals surface area contributed by atoms with Crippen molar-refractivity contribution in [1.82, 2.24) is 0 Å². The van der Waals surface area contributed by atoms with Gasteiger partial charge in [0.05, 0.1) is 13.1 Å². The number of rotatable bonds is 7. The van der Waals surface area contributed by atoms with E-state index in [-0.39, 0.29) is 28.8 Å². The molecule has 1 saturated heterocycles. The van der Waals surface area contributed by atoms with Crippen LogP contribution in [0.2, 0.25) is 0 Å². The summed E-state index contributed by atoms with van der Waals surface area (Å²) >= 11 is 0. The molecule has 0 saturated carbocycles. The van der Waals surface area contributed by atoms with E-state index in [0.717, 1.165) is 48.9 Å². The van der Waals surface area contributed by atoms with E-state index in [1.807, 2.05) is 12.1 Å². The Labute approximate surface area is 185 Å². The van der Waals surface area contributed by atoms with Gasteiger partial charge in [0.15, 0.2) is 5.78 Å². The lowest BCUT2D eigenvalue weighted by molar-refractivity contribution is -0.959. The third-order valence-electron chi connectivity index (χ3n) is 6.53. The highest BCUT2D eigenvalue weighted by Crippen LogP contribution is 2.30. The van der Waals surface area contributed by atoms with Crippen LogP contribution in [0.5, 0.6) is 0 Å². The van der Waals surface area contributed by atoms with Crippen molar-refractivity contribution in [3.05, 3.63) is 70.5 Å². The molecule has 158 valence electrons. The molecule has 2 nitrogen and oxygen atoms in total. The number of hydrogen-bond donors (Lipinski definition) is 0. The van der Waals surface area contributed by atoms with Gasteiger partial charge in [0, 0.05) is 18.4 Å². The Morgan fingerprint density at radius 3 is 2.14 bits per heavy atom. The van der Waals surface area contributed by atoms with Crippen molar-refractivity contribution >= 4 is 5.78 Å². The fourth-order valence-corrected chi connectivity index (χ4v) is 5.02. The quantitative estimate of drug-likeness (QED) is 0.579. The Balaban J connectivity index is 0.00000300. The van der Waals surface area contributed by atoms with E-state index in [9.17, 15) is 9.18 Å². The fraction of sp³-hybridized carbons (Fsp3) is 0.480. The summed E-state index contributed by atoms with van der Waals surface area (Å²) < 4.78 is 14.2. The Hall–Kier alpha value is -1.52. The lowest BCUT2D eigenvalue weighted by Crippen LogP contribution is -3.00. The SMILES string of the molecule is CCC(C(=O)Cc1c(C)cccc1C)[N+]1(Cc2ccc(F)cc2)CCCCC1.[Br-]. The molecule has 0 bridgehead atoms. The van der Waals surface area contributed by atoms with Crippen LogP contribution in [0.3, 0.4) is 0 Å². The minimum absolute atomic E-state index is 0. The highest BCUT2D eigenvalue weighted by molar-refractivity contribution is 5.85. The standard InChI is InChI=1S/C25H33FNO.BrH/c1-4-24(25(28)17-23-19(2)9-8-10-20(23)3)27(15-6-5-7-16-27)18-21-11-13-22(26)14-12-21;/h8-14,24H,4-7,15-18H2,1-3H3;1H/q+1;/p-1. The van der Waals surface area contributed by atoms with Gasteiger partial charge in [0.25, 0.3) is 0 Å². The molecule has 2 aromatic carbocycles. The lowest BCUT2D eigenvalue weighted by Gasteiger charge is -2.46. The molecule has 0 aromatic heterocycles. The average molecular weight is 462 g/mol. The number of piperidine rings is 1. The molecule has 4 heteroatoms. The second kappa shape index (κ2) is 10.5. The van der Waals surface area contributed by atoms with Crippen LogP contribution in [-0.2, 0) is 17.8 Å². The highest BCUT2D eigenvalue weighted by Gasteiger charge is 2.41. The molecule has 1 atom stereocenters. The van der Waals surface area contributed by atoms with Gasteiger partial charge in [-0.25, -0.2) is 4.39 Å². The second-order valence-electron chi connectivity index (χ2n) is 8.45. The third kappa shape index (κ3) is 5.55. The van der Waals surface area contributed by atoms with Crippen LogP contribution < -0.4 is 17.0 Å². The number of benzene rings is 2. The summed E-state index contributed by atoms with van der Waals surface area (Å²) in [5.41, 5.74) is 4.71. The second-order valence-corrected chi connectivity index (χ2v) is 8.45. The highest BCUT2D eigenvalue weighted by atomic mass is 79.9. The van der Waals surface area contributed by atoms with Gasteiger partial charge in [-0.3, -0.25) is 4.79 Å². The van der Waals surface area contributed by atoms with Crippen LogP contribution in [0, 0.1) is 19.7 Å². The summed E-state index contributed by atoms with van der Waals surface area (Å²) in [6.45, 7) is 9.23. The van der Waals surface area contributed by atoms with Crippen molar-refractivity contribution in [2.45, 2.75) is 65.5 Å². The van der Waals surface area contributed by atoms with E-state index < -0.39 is 0 Å². The molecule has 1 fully saturated rings. The predicted octanol–water partition coefficient (Wildman–Crippen LogP) is 2.54. The van der Waals surface area contributed by atoms with Gasteiger partial charge in [0.1, 0.15) is 18.4 Å². The monoisotopic (exact) mass is 461 g/mol. The molecule has 1 unspecified atom stereocenters. The van der Waals surface area contributed by atoms with E-state index >= 15 is 0 Å². The maximum atomic E-state index is 13.5. The van der Waals surface area contributed by atoms with Crippen molar-refractivity contribution in [3.63, 3.8) is 0 Å². The molecule has 0 spiro atoms. The summed E-state index contributed by atoms with van der Waals surface area (Å²) in [5, 5.41) is 0. The Morgan fingerprint density at radius 1 is 1.00 bits per heavy atom. The van der Waals surface area contributed by atoms with E-state index in [4.69, 9.17) is 0 Å². The van der Waals surface area contributed by atoms with E-state index in [1.54, 1.807) is 0 Å². The van der Waals surface area contributed by atoms with Gasteiger partial charge in [-0.05, 0) is 61.9 Å². The zero-order chi connectivity index (χ0) is 20.1. The van der Waals surface area contributed by atoms with Crippen LogP contribution in [0.15, 0.2) is 42.5 Å². The number of hydrogen-bond acceptors (Lipinski definition) is 1. The van der Waals surface area contributed by atoms with Crippen molar-refractivity contribution in [3.8, 4) is 0 Å². The van der Waals surface area contributed by atoms with Crippen LogP contribution >= 0.6 is 0 Å². The van der Waals surface area contributed by atoms with Gasteiger partial charge in [-0.2, -0.15) is 0 Å². The van der Waals surface area contributed by atoms with Crippen molar-refractivity contribution in [2.75, 3.05) is 13.1 Å². The molecule has 3 rings (SSSR count). The molecule has 0 N–H and O–H groups in total. The molecule has 0 aliphatic carbocycles. The molecule has 2 aromatic rings. The van der Waals surface area contributed by atoms with Gasteiger partial charge in [-0.15, -0.1) is 0 Å². The average Bonchev–Trinajstić information content (AvgIpc) is 2.68. The number of quaternary nitrogens is 1. The number of carbonyl (C=O) groups is 1. The Kier molecular flexibility index (Phi) is 8.59. The molecule has 1 aliphatic heterocycles. The van der Waals surface area contributed by atoms with Crippen LogP contribution in [-0.4, -0.2) is 29.4 Å². The number of ketones is 1. The Morgan fingerprint density at radius 2 is 1.59 bits per heavy atom. The molecule has 1 heterocycles. The lowest BCUT2D eigenvalue weighted by atomic mass is 9.91. The van der Waals surface area contributed by atoms with Crippen LogP contribution in [0.1, 0.15) is 54.9 Å². The first-order valence-corrected chi connectivity index (χ1v) is 10.6. The smallest absolute Gasteiger partial charge is 0.194 e. The molecular formula is C25H33BrFNO. The number of nitrogens with zero attached hydrogens (tertiary/aromatic N) is 1. The van der Waals surface area contributed by atoms with Gasteiger partial charge >= 0.3 is 0 Å². The Bertz CT molecular complexity index is 792. The number of likely N-dealkylation sites (tertiary alicyclic amines) is 1. The maximum absolute atomic E-state index is 13.5. The fourth-order valence-electron chi connectivity index (χ4n) is 5.02. The summed E-state index contributed by atoms with van der Waals surface area (Å²) in [5.74, 6) is 0.149. The van der Waals surface area contributed by atoms with Gasteiger partial charge in [0.2, 0.25) is 0 Å². The first-order valence-electron chi connectivity index (χ1n) is 10.6. The van der Waals surface area contributed by atoms with Crippen molar-refractivity contribution < 1.29 is 30.6 Å². The van der Waals surface area contributed by atoms with Gasteiger partial charge < -0.3 is 21.5 Å². The van der Waals surface area contributed by atoms with Crippen molar-refractivity contribution in [1.29, 1.82) is 0 Å². The minimum Gasteiger partial charge on any atom is -1.00 e.